The minimum atomic E-state index is -1.32. The van der Waals surface area contributed by atoms with Gasteiger partial charge in [-0.05, 0) is 49.6 Å². The van der Waals surface area contributed by atoms with Crippen molar-refractivity contribution in [1.29, 1.82) is 0 Å². The predicted octanol–water partition coefficient (Wildman–Crippen LogP) is 2.63. The number of hydrogen-bond acceptors (Lipinski definition) is 6. The Morgan fingerprint density at radius 3 is 2.44 bits per heavy atom. The molecule has 4 atom stereocenters. The van der Waals surface area contributed by atoms with Gasteiger partial charge >= 0.3 is 11.9 Å². The summed E-state index contributed by atoms with van der Waals surface area (Å²) in [5.41, 5.74) is 8.42. The Morgan fingerprint density at radius 2 is 1.81 bits per heavy atom. The normalized spacial score (nSPS) is 23.5. The van der Waals surface area contributed by atoms with Crippen LogP contribution in [-0.4, -0.2) is 70.6 Å². The fourth-order valence-electron chi connectivity index (χ4n) is 4.94. The van der Waals surface area contributed by atoms with Gasteiger partial charge in [-0.2, -0.15) is 0 Å². The minimum Gasteiger partial charge on any atom is -0.480 e. The summed E-state index contributed by atoms with van der Waals surface area (Å²) in [6, 6.07) is 13.1. The number of rotatable bonds is 8. The maximum atomic E-state index is 15.3. The lowest BCUT2D eigenvalue weighted by Gasteiger charge is -2.37. The quantitative estimate of drug-likeness (QED) is 0.426. The van der Waals surface area contributed by atoms with Crippen LogP contribution in [0.3, 0.4) is 0 Å². The van der Waals surface area contributed by atoms with Crippen LogP contribution in [0.2, 0.25) is 0 Å². The van der Waals surface area contributed by atoms with E-state index >= 15 is 4.39 Å². The number of amides is 1. The number of aliphatic carboxylic acids is 1. The van der Waals surface area contributed by atoms with Crippen LogP contribution >= 0.6 is 0 Å². The van der Waals surface area contributed by atoms with Gasteiger partial charge < -0.3 is 20.5 Å². The molecule has 2 aliphatic heterocycles. The van der Waals surface area contributed by atoms with Crippen molar-refractivity contribution in [3.05, 3.63) is 65.2 Å². The first-order valence-corrected chi connectivity index (χ1v) is 12.2. The second kappa shape index (κ2) is 11.2. The zero-order valence-electron chi connectivity index (χ0n) is 20.3. The molecule has 2 aliphatic rings. The fraction of sp³-hybridized carbons (Fsp3) is 0.444. The van der Waals surface area contributed by atoms with Gasteiger partial charge in [0.2, 0.25) is 5.91 Å². The summed E-state index contributed by atoms with van der Waals surface area (Å²) in [5, 5.41) is 8.79. The number of ether oxygens (including phenoxy) is 1. The number of likely N-dealkylation sites (tertiary alicyclic amines) is 2. The predicted molar refractivity (Wildman–Crippen MR) is 131 cm³/mol. The van der Waals surface area contributed by atoms with Crippen molar-refractivity contribution in [3.63, 3.8) is 0 Å². The molecule has 4 rings (SSSR count). The van der Waals surface area contributed by atoms with Gasteiger partial charge in [0.15, 0.2) is 0 Å². The highest BCUT2D eigenvalue weighted by Crippen LogP contribution is 2.34. The van der Waals surface area contributed by atoms with E-state index in [1.165, 1.54) is 5.56 Å². The lowest BCUT2D eigenvalue weighted by molar-refractivity contribution is -0.143. The Hall–Kier alpha value is -3.30. The number of carbonyl (C=O) groups is 3. The highest BCUT2D eigenvalue weighted by Gasteiger charge is 2.40. The number of halogens is 1. The van der Waals surface area contributed by atoms with Crippen LogP contribution in [0, 0.1) is 6.92 Å². The molecule has 36 heavy (non-hydrogen) atoms. The van der Waals surface area contributed by atoms with Crippen LogP contribution < -0.4 is 10.5 Å². The van der Waals surface area contributed by atoms with Crippen molar-refractivity contribution in [1.82, 2.24) is 9.80 Å². The Labute approximate surface area is 209 Å². The number of nitrogens with two attached hydrogens (primary N) is 1. The zero-order valence-corrected chi connectivity index (χ0v) is 20.3. The number of esters is 1. The van der Waals surface area contributed by atoms with Crippen LogP contribution in [0.5, 0.6) is 5.75 Å². The molecule has 2 fully saturated rings. The molecule has 0 aliphatic carbocycles. The monoisotopic (exact) mass is 497 g/mol. The van der Waals surface area contributed by atoms with E-state index in [4.69, 9.17) is 15.6 Å². The molecule has 9 heteroatoms. The van der Waals surface area contributed by atoms with Crippen molar-refractivity contribution in [3.8, 4) is 5.75 Å². The number of benzene rings is 2. The zero-order chi connectivity index (χ0) is 25.8. The van der Waals surface area contributed by atoms with Gasteiger partial charge in [0.25, 0.3) is 0 Å². The van der Waals surface area contributed by atoms with E-state index in [0.717, 1.165) is 11.1 Å². The third-order valence-corrected chi connectivity index (χ3v) is 7.02. The van der Waals surface area contributed by atoms with E-state index in [1.807, 2.05) is 41.0 Å². The van der Waals surface area contributed by atoms with E-state index in [-0.39, 0.29) is 30.2 Å². The van der Waals surface area contributed by atoms with Gasteiger partial charge in [-0.15, -0.1) is 0 Å². The van der Waals surface area contributed by atoms with Gasteiger partial charge in [-0.25, -0.2) is 4.39 Å². The summed E-state index contributed by atoms with van der Waals surface area (Å²) >= 11 is 0. The molecule has 0 radical (unpaired) electrons. The number of nitrogens with zero attached hydrogens (tertiary/aromatic N) is 2. The largest absolute Gasteiger partial charge is 0.480 e. The summed E-state index contributed by atoms with van der Waals surface area (Å²) in [5.74, 6) is -2.02. The van der Waals surface area contributed by atoms with E-state index in [9.17, 15) is 14.4 Å². The summed E-state index contributed by atoms with van der Waals surface area (Å²) in [6.07, 6.45) is -0.284. The summed E-state index contributed by atoms with van der Waals surface area (Å²) in [4.78, 5) is 39.5. The number of alkyl halides is 1. The molecule has 3 N–H and O–H groups in total. The molecule has 4 unspecified atom stereocenters. The highest BCUT2D eigenvalue weighted by molar-refractivity contribution is 5.84. The number of piperidine rings is 1. The van der Waals surface area contributed by atoms with Gasteiger partial charge in [0, 0.05) is 25.6 Å². The fourth-order valence-corrected chi connectivity index (χ4v) is 4.94. The molecule has 0 saturated carbocycles. The van der Waals surface area contributed by atoms with Gasteiger partial charge in [0.05, 0.1) is 12.5 Å². The van der Waals surface area contributed by atoms with Crippen LogP contribution in [-0.2, 0) is 20.9 Å². The third-order valence-electron chi connectivity index (χ3n) is 7.02. The maximum Gasteiger partial charge on any atom is 0.321 e. The van der Waals surface area contributed by atoms with E-state index in [2.05, 4.69) is 0 Å². The van der Waals surface area contributed by atoms with Gasteiger partial charge in [-0.1, -0.05) is 42.0 Å². The Kier molecular flexibility index (Phi) is 8.01. The first kappa shape index (κ1) is 25.8. The van der Waals surface area contributed by atoms with Gasteiger partial charge in [0.1, 0.15) is 18.0 Å². The summed E-state index contributed by atoms with van der Waals surface area (Å²) in [7, 11) is 0. The van der Waals surface area contributed by atoms with Crippen molar-refractivity contribution < 1.29 is 28.6 Å². The summed E-state index contributed by atoms with van der Waals surface area (Å²) in [6.45, 7) is 4.10. The van der Waals surface area contributed by atoms with Crippen molar-refractivity contribution in [2.45, 2.75) is 56.9 Å². The Morgan fingerprint density at radius 1 is 1.11 bits per heavy atom. The number of carboxylic acid groups (broad SMARTS) is 1. The molecule has 2 saturated heterocycles. The molecule has 0 bridgehead atoms. The highest BCUT2D eigenvalue weighted by atomic mass is 19.1. The standard InChI is InChI=1S/C27H32FN3O5/c1-17-2-4-18(5-3-17)15-31-13-11-24(26(31)33)30-12-10-21(22(28)16-30)19-6-8-20(9-7-19)36-25(32)14-23(29)27(34)35/h2-9,21-24H,10-16,29H2,1H3,(H,34,35). The molecular formula is C27H32FN3O5. The first-order valence-electron chi connectivity index (χ1n) is 12.2. The van der Waals surface area contributed by atoms with Crippen molar-refractivity contribution >= 4 is 17.8 Å². The lowest BCUT2D eigenvalue weighted by Crippen LogP contribution is -2.49. The van der Waals surface area contributed by atoms with Crippen LogP contribution in [0.1, 0.15) is 41.9 Å². The third kappa shape index (κ3) is 6.09. The molecular weight excluding hydrogens is 465 g/mol. The van der Waals surface area contributed by atoms with E-state index < -0.39 is 30.6 Å². The Balaban J connectivity index is 1.30. The molecule has 1 amide bonds. The number of carboxylic acids is 1. The number of carbonyl (C=O) groups excluding carboxylic acids is 2. The molecule has 0 spiro atoms. The lowest BCUT2D eigenvalue weighted by atomic mass is 9.87. The van der Waals surface area contributed by atoms with Crippen LogP contribution in [0.4, 0.5) is 4.39 Å². The van der Waals surface area contributed by atoms with E-state index in [1.54, 1.807) is 24.3 Å². The molecule has 8 nitrogen and oxygen atoms in total. The number of aryl methyl sites for hydroxylation is 1. The molecule has 192 valence electrons. The second-order valence-corrected chi connectivity index (χ2v) is 9.65. The second-order valence-electron chi connectivity index (χ2n) is 9.65. The Bertz CT molecular complexity index is 1090. The smallest absolute Gasteiger partial charge is 0.321 e. The summed E-state index contributed by atoms with van der Waals surface area (Å²) < 4.78 is 20.4. The van der Waals surface area contributed by atoms with Gasteiger partial charge in [-0.3, -0.25) is 19.3 Å². The van der Waals surface area contributed by atoms with Crippen LogP contribution in [0.25, 0.3) is 0 Å². The molecule has 2 aromatic carbocycles. The number of hydrogen-bond donors (Lipinski definition) is 2. The first-order chi connectivity index (χ1) is 17.2. The molecule has 2 aromatic rings. The molecule has 0 aromatic heterocycles. The maximum absolute atomic E-state index is 15.3. The average Bonchev–Trinajstić information content (AvgIpc) is 3.20. The van der Waals surface area contributed by atoms with E-state index in [0.29, 0.717) is 32.5 Å². The average molecular weight is 498 g/mol. The molecule has 2 heterocycles. The van der Waals surface area contributed by atoms with Crippen molar-refractivity contribution in [2.75, 3.05) is 19.6 Å². The van der Waals surface area contributed by atoms with Crippen LogP contribution in [0.15, 0.2) is 48.5 Å². The minimum absolute atomic E-state index is 0.0648. The van der Waals surface area contributed by atoms with Crippen molar-refractivity contribution in [2.24, 2.45) is 5.73 Å². The SMILES string of the molecule is Cc1ccc(CN2CCC(N3CCC(c4ccc(OC(=O)CC(N)C(=O)O)cc4)C(F)C3)C2=O)cc1. The topological polar surface area (TPSA) is 113 Å².